The van der Waals surface area contributed by atoms with Gasteiger partial charge in [0.05, 0.1) is 17.2 Å². The number of hydrogen-bond donors (Lipinski definition) is 1. The molecule has 1 aliphatic rings. The number of nitrogens with zero attached hydrogens (tertiary/aromatic N) is 5. The molecule has 0 radical (unpaired) electrons. The molecule has 2 N–H and O–H groups in total. The summed E-state index contributed by atoms with van der Waals surface area (Å²) < 4.78 is 3.25. The molecule has 1 aliphatic heterocycles. The Bertz CT molecular complexity index is 1200. The molecular formula is C21H20N6O2. The molecule has 146 valence electrons. The molecule has 1 saturated heterocycles. The number of hydrogen-bond acceptors (Lipinski definition) is 5. The van der Waals surface area contributed by atoms with Crippen LogP contribution in [0.4, 0.5) is 5.82 Å². The molecule has 0 saturated carbocycles. The number of aromatic nitrogens is 3. The maximum absolute atomic E-state index is 13.5. The van der Waals surface area contributed by atoms with E-state index in [2.05, 4.69) is 11.6 Å². The summed E-state index contributed by atoms with van der Waals surface area (Å²) in [6.45, 7) is 4.38. The predicted octanol–water partition coefficient (Wildman–Crippen LogP) is 2.01. The summed E-state index contributed by atoms with van der Waals surface area (Å²) in [5, 5.41) is 8.99. The van der Waals surface area contributed by atoms with Crippen LogP contribution in [-0.2, 0) is 4.79 Å². The molecule has 0 bridgehead atoms. The number of nitrogens with two attached hydrogens (primary N) is 1. The lowest BCUT2D eigenvalue weighted by molar-refractivity contribution is -0.128. The number of benzene rings is 1. The lowest BCUT2D eigenvalue weighted by atomic mass is 10.0. The average Bonchev–Trinajstić information content (AvgIpc) is 3.06. The third-order valence-electron chi connectivity index (χ3n) is 5.27. The van der Waals surface area contributed by atoms with Crippen molar-refractivity contribution in [2.45, 2.75) is 18.9 Å². The Kier molecular flexibility index (Phi) is 4.64. The minimum Gasteiger partial charge on any atom is -0.382 e. The van der Waals surface area contributed by atoms with Crippen molar-refractivity contribution in [3.8, 4) is 11.8 Å². The van der Waals surface area contributed by atoms with E-state index < -0.39 is 5.91 Å². The van der Waals surface area contributed by atoms with Crippen molar-refractivity contribution in [3.63, 3.8) is 0 Å². The first-order valence-electron chi connectivity index (χ1n) is 9.34. The van der Waals surface area contributed by atoms with Crippen molar-refractivity contribution in [3.05, 3.63) is 65.2 Å². The molecule has 0 spiro atoms. The highest BCUT2D eigenvalue weighted by Crippen LogP contribution is 2.28. The molecule has 1 atom stereocenters. The van der Waals surface area contributed by atoms with Crippen molar-refractivity contribution in [1.82, 2.24) is 19.0 Å². The van der Waals surface area contributed by atoms with Crippen LogP contribution in [0.25, 0.3) is 16.7 Å². The van der Waals surface area contributed by atoms with Crippen LogP contribution < -0.4 is 11.4 Å². The highest BCUT2D eigenvalue weighted by molar-refractivity contribution is 5.96. The van der Waals surface area contributed by atoms with Gasteiger partial charge in [-0.25, -0.2) is 9.78 Å². The number of anilines is 1. The number of imidazole rings is 1. The Hall–Kier alpha value is -3.86. The van der Waals surface area contributed by atoms with Gasteiger partial charge in [-0.15, -0.1) is 0 Å². The molecule has 0 aliphatic carbocycles. The van der Waals surface area contributed by atoms with Crippen LogP contribution in [0.15, 0.2) is 59.5 Å². The Labute approximate surface area is 167 Å². The Morgan fingerprint density at radius 1 is 1.28 bits per heavy atom. The number of fused-ring (bicyclic) bond motifs is 1. The molecule has 0 unspecified atom stereocenters. The van der Waals surface area contributed by atoms with Crippen molar-refractivity contribution in [2.75, 3.05) is 18.8 Å². The maximum atomic E-state index is 13.5. The predicted molar refractivity (Wildman–Crippen MR) is 109 cm³/mol. The number of rotatable bonds is 3. The SMILES string of the molecule is C=C(C#N)C(=O)N1CCC[C@@H](n2c(=O)n(-c3ccccc3)c3c(N)nccc32)C1. The van der Waals surface area contributed by atoms with Gasteiger partial charge in [0.1, 0.15) is 23.0 Å². The summed E-state index contributed by atoms with van der Waals surface area (Å²) >= 11 is 0. The van der Waals surface area contributed by atoms with E-state index in [1.807, 2.05) is 36.4 Å². The van der Waals surface area contributed by atoms with E-state index >= 15 is 0 Å². The van der Waals surface area contributed by atoms with Gasteiger partial charge in [0.2, 0.25) is 0 Å². The topological polar surface area (TPSA) is 110 Å². The van der Waals surface area contributed by atoms with Gasteiger partial charge in [0.15, 0.2) is 0 Å². The number of piperidine rings is 1. The van der Waals surface area contributed by atoms with E-state index in [9.17, 15) is 9.59 Å². The van der Waals surface area contributed by atoms with E-state index in [1.165, 1.54) is 0 Å². The molecule has 8 nitrogen and oxygen atoms in total. The molecule has 1 amide bonds. The second-order valence-electron chi connectivity index (χ2n) is 7.03. The lowest BCUT2D eigenvalue weighted by Gasteiger charge is -2.33. The summed E-state index contributed by atoms with van der Waals surface area (Å²) in [6.07, 6.45) is 3.03. The van der Waals surface area contributed by atoms with Crippen molar-refractivity contribution >= 4 is 22.8 Å². The van der Waals surface area contributed by atoms with Gasteiger partial charge in [0, 0.05) is 19.3 Å². The van der Waals surface area contributed by atoms with Crippen molar-refractivity contribution in [1.29, 1.82) is 5.26 Å². The number of nitriles is 1. The molecule has 1 aromatic carbocycles. The summed E-state index contributed by atoms with van der Waals surface area (Å²) in [5.74, 6) is -0.123. The minimum absolute atomic E-state index is 0.0989. The molecule has 29 heavy (non-hydrogen) atoms. The summed E-state index contributed by atoms with van der Waals surface area (Å²) in [6, 6.07) is 12.6. The van der Waals surface area contributed by atoms with Gasteiger partial charge < -0.3 is 10.6 Å². The first-order valence-corrected chi connectivity index (χ1v) is 9.34. The molecule has 3 aromatic rings. The van der Waals surface area contributed by atoms with E-state index in [1.54, 1.807) is 26.3 Å². The fourth-order valence-electron chi connectivity index (χ4n) is 3.95. The average molecular weight is 388 g/mol. The second-order valence-corrected chi connectivity index (χ2v) is 7.03. The highest BCUT2D eigenvalue weighted by Gasteiger charge is 2.30. The summed E-state index contributed by atoms with van der Waals surface area (Å²) in [7, 11) is 0. The smallest absolute Gasteiger partial charge is 0.334 e. The van der Waals surface area contributed by atoms with Crippen LogP contribution in [0, 0.1) is 11.3 Å². The zero-order valence-corrected chi connectivity index (χ0v) is 15.8. The van der Waals surface area contributed by atoms with Gasteiger partial charge in [0.25, 0.3) is 5.91 Å². The zero-order valence-electron chi connectivity index (χ0n) is 15.8. The third-order valence-corrected chi connectivity index (χ3v) is 5.27. The van der Waals surface area contributed by atoms with E-state index in [0.717, 1.165) is 12.8 Å². The molecule has 4 rings (SSSR count). The van der Waals surface area contributed by atoms with Crippen LogP contribution in [0.5, 0.6) is 0 Å². The largest absolute Gasteiger partial charge is 0.382 e. The van der Waals surface area contributed by atoms with Crippen LogP contribution in [-0.4, -0.2) is 38.0 Å². The van der Waals surface area contributed by atoms with E-state index in [-0.39, 0.29) is 23.1 Å². The fourth-order valence-corrected chi connectivity index (χ4v) is 3.95. The van der Waals surface area contributed by atoms with Gasteiger partial charge in [-0.1, -0.05) is 24.8 Å². The number of para-hydroxylation sites is 1. The standard InChI is InChI=1S/C21H20N6O2/c1-14(12-22)20(28)25-11-5-8-16(13-25)26-17-9-10-24-19(23)18(17)27(21(26)29)15-6-3-2-4-7-15/h2-4,6-7,9-10,16H,1,5,8,11,13H2,(H2,23,24)/t16-/m1/s1. The monoisotopic (exact) mass is 388 g/mol. The van der Waals surface area contributed by atoms with E-state index in [4.69, 9.17) is 11.0 Å². The molecular weight excluding hydrogens is 368 g/mol. The first-order chi connectivity index (χ1) is 14.0. The van der Waals surface area contributed by atoms with Gasteiger partial charge >= 0.3 is 5.69 Å². The second kappa shape index (κ2) is 7.28. The number of amides is 1. The Morgan fingerprint density at radius 2 is 2.03 bits per heavy atom. The molecule has 8 heteroatoms. The number of carbonyl (C=O) groups is 1. The number of pyridine rings is 1. The van der Waals surface area contributed by atoms with Gasteiger partial charge in [-0.2, -0.15) is 5.26 Å². The minimum atomic E-state index is -0.391. The third kappa shape index (κ3) is 3.06. The number of likely N-dealkylation sites (tertiary alicyclic amines) is 1. The quantitative estimate of drug-likeness (QED) is 0.545. The number of carbonyl (C=O) groups excluding carboxylic acids is 1. The van der Waals surface area contributed by atoms with Crippen molar-refractivity contribution < 1.29 is 4.79 Å². The van der Waals surface area contributed by atoms with Gasteiger partial charge in [-0.3, -0.25) is 13.9 Å². The fraction of sp³-hybridized carbons (Fsp3) is 0.238. The molecule has 1 fully saturated rings. The van der Waals surface area contributed by atoms with Crippen molar-refractivity contribution in [2.24, 2.45) is 0 Å². The van der Waals surface area contributed by atoms with Crippen LogP contribution in [0.2, 0.25) is 0 Å². The van der Waals surface area contributed by atoms with E-state index in [0.29, 0.717) is 29.8 Å². The molecule has 2 aromatic heterocycles. The Balaban J connectivity index is 1.85. The maximum Gasteiger partial charge on any atom is 0.334 e. The number of nitrogen functional groups attached to an aromatic ring is 1. The van der Waals surface area contributed by atoms with Crippen LogP contribution >= 0.6 is 0 Å². The highest BCUT2D eigenvalue weighted by atomic mass is 16.2. The Morgan fingerprint density at radius 3 is 2.76 bits per heavy atom. The summed E-state index contributed by atoms with van der Waals surface area (Å²) in [5.41, 5.74) is 7.73. The zero-order chi connectivity index (χ0) is 20.5. The first kappa shape index (κ1) is 18.5. The lowest BCUT2D eigenvalue weighted by Crippen LogP contribution is -2.43. The summed E-state index contributed by atoms with van der Waals surface area (Å²) in [4.78, 5) is 31.6. The normalized spacial score (nSPS) is 16.5. The van der Waals surface area contributed by atoms with Crippen LogP contribution in [0.1, 0.15) is 18.9 Å². The van der Waals surface area contributed by atoms with Crippen LogP contribution in [0.3, 0.4) is 0 Å². The van der Waals surface area contributed by atoms with Gasteiger partial charge in [-0.05, 0) is 31.0 Å². The molecule has 3 heterocycles.